The average molecular weight is 223 g/mol. The SMILES string of the molecule is COc1ccc(OC)c(N(C)C(=O)C=O)c1. The zero-order valence-electron chi connectivity index (χ0n) is 9.39. The third kappa shape index (κ3) is 2.31. The Bertz CT molecular complexity index is 403. The molecule has 86 valence electrons. The third-order valence-corrected chi connectivity index (χ3v) is 2.18. The van der Waals surface area contributed by atoms with Crippen LogP contribution in [0.3, 0.4) is 0 Å². The molecule has 0 aliphatic carbocycles. The average Bonchev–Trinajstić information content (AvgIpc) is 2.35. The number of amides is 1. The minimum atomic E-state index is -0.647. The maximum Gasteiger partial charge on any atom is 0.290 e. The zero-order valence-corrected chi connectivity index (χ0v) is 9.39. The number of anilines is 1. The van der Waals surface area contributed by atoms with Gasteiger partial charge < -0.3 is 14.4 Å². The van der Waals surface area contributed by atoms with Crippen molar-refractivity contribution in [2.24, 2.45) is 0 Å². The molecule has 0 radical (unpaired) electrons. The molecule has 0 heterocycles. The van der Waals surface area contributed by atoms with Crippen LogP contribution in [0, 0.1) is 0 Å². The summed E-state index contributed by atoms with van der Waals surface area (Å²) in [4.78, 5) is 22.9. The van der Waals surface area contributed by atoms with E-state index in [0.717, 1.165) is 0 Å². The van der Waals surface area contributed by atoms with E-state index in [4.69, 9.17) is 9.47 Å². The van der Waals surface area contributed by atoms with E-state index in [9.17, 15) is 9.59 Å². The van der Waals surface area contributed by atoms with Crippen molar-refractivity contribution >= 4 is 17.9 Å². The fourth-order valence-electron chi connectivity index (χ4n) is 1.26. The molecule has 0 aliphatic heterocycles. The molecule has 5 heteroatoms. The first-order valence-corrected chi connectivity index (χ1v) is 4.59. The minimum absolute atomic E-state index is 0.249. The fraction of sp³-hybridized carbons (Fsp3) is 0.273. The van der Waals surface area contributed by atoms with Crippen LogP contribution in [0.5, 0.6) is 11.5 Å². The van der Waals surface area contributed by atoms with E-state index < -0.39 is 5.91 Å². The monoisotopic (exact) mass is 223 g/mol. The molecule has 1 aromatic carbocycles. The Kier molecular flexibility index (Phi) is 3.88. The van der Waals surface area contributed by atoms with Crippen LogP contribution >= 0.6 is 0 Å². The highest BCUT2D eigenvalue weighted by Gasteiger charge is 2.15. The number of carbonyl (C=O) groups excluding carboxylic acids is 2. The zero-order chi connectivity index (χ0) is 12.1. The van der Waals surface area contributed by atoms with E-state index in [1.165, 1.54) is 26.2 Å². The number of rotatable bonds is 4. The fourth-order valence-corrected chi connectivity index (χ4v) is 1.26. The second kappa shape index (κ2) is 5.16. The van der Waals surface area contributed by atoms with E-state index in [2.05, 4.69) is 0 Å². The van der Waals surface area contributed by atoms with E-state index in [1.807, 2.05) is 0 Å². The van der Waals surface area contributed by atoms with Crippen LogP contribution in [-0.4, -0.2) is 33.5 Å². The van der Waals surface area contributed by atoms with Gasteiger partial charge in [0.2, 0.25) is 6.29 Å². The Balaban J connectivity index is 3.17. The van der Waals surface area contributed by atoms with Gasteiger partial charge in [-0.2, -0.15) is 0 Å². The van der Waals surface area contributed by atoms with E-state index in [1.54, 1.807) is 18.2 Å². The van der Waals surface area contributed by atoms with Crippen molar-refractivity contribution in [2.45, 2.75) is 0 Å². The molecule has 1 amide bonds. The van der Waals surface area contributed by atoms with Gasteiger partial charge in [-0.3, -0.25) is 9.59 Å². The van der Waals surface area contributed by atoms with Gasteiger partial charge in [0.15, 0.2) is 0 Å². The summed E-state index contributed by atoms with van der Waals surface area (Å²) < 4.78 is 10.1. The minimum Gasteiger partial charge on any atom is -0.497 e. The second-order valence-electron chi connectivity index (χ2n) is 3.05. The van der Waals surface area contributed by atoms with Gasteiger partial charge in [0, 0.05) is 13.1 Å². The van der Waals surface area contributed by atoms with Crippen LogP contribution in [0.15, 0.2) is 18.2 Å². The number of carbonyl (C=O) groups is 2. The molecule has 1 aromatic rings. The lowest BCUT2D eigenvalue weighted by molar-refractivity contribution is -0.129. The van der Waals surface area contributed by atoms with Gasteiger partial charge in [0.1, 0.15) is 11.5 Å². The summed E-state index contributed by atoms with van der Waals surface area (Å²) in [5.41, 5.74) is 0.485. The van der Waals surface area contributed by atoms with Crippen LogP contribution in [0.4, 0.5) is 5.69 Å². The normalized spacial score (nSPS) is 9.44. The Morgan fingerprint density at radius 2 is 2.00 bits per heavy atom. The Morgan fingerprint density at radius 3 is 2.50 bits per heavy atom. The smallest absolute Gasteiger partial charge is 0.290 e. The van der Waals surface area contributed by atoms with Gasteiger partial charge in [-0.25, -0.2) is 0 Å². The van der Waals surface area contributed by atoms with E-state index in [-0.39, 0.29) is 6.29 Å². The van der Waals surface area contributed by atoms with Gasteiger partial charge in [0.05, 0.1) is 19.9 Å². The van der Waals surface area contributed by atoms with Crippen LogP contribution in [0.25, 0.3) is 0 Å². The van der Waals surface area contributed by atoms with Crippen molar-refractivity contribution in [1.29, 1.82) is 0 Å². The van der Waals surface area contributed by atoms with E-state index in [0.29, 0.717) is 17.2 Å². The predicted molar refractivity (Wildman–Crippen MR) is 59.0 cm³/mol. The van der Waals surface area contributed by atoms with Crippen molar-refractivity contribution in [3.05, 3.63) is 18.2 Å². The van der Waals surface area contributed by atoms with Gasteiger partial charge in [-0.1, -0.05) is 0 Å². The summed E-state index contributed by atoms with van der Waals surface area (Å²) >= 11 is 0. The summed E-state index contributed by atoms with van der Waals surface area (Å²) in [6.45, 7) is 0. The predicted octanol–water partition coefficient (Wildman–Crippen LogP) is 0.865. The molecule has 5 nitrogen and oxygen atoms in total. The van der Waals surface area contributed by atoms with Crippen LogP contribution in [0.2, 0.25) is 0 Å². The summed E-state index contributed by atoms with van der Waals surface area (Å²) in [7, 11) is 4.51. The van der Waals surface area contributed by atoms with Gasteiger partial charge in [0.25, 0.3) is 5.91 Å². The molecule has 0 aliphatic rings. The number of methoxy groups -OCH3 is 2. The number of aldehydes is 1. The highest BCUT2D eigenvalue weighted by molar-refractivity contribution is 6.30. The van der Waals surface area contributed by atoms with Gasteiger partial charge in [-0.05, 0) is 12.1 Å². The van der Waals surface area contributed by atoms with Crippen molar-refractivity contribution in [2.75, 3.05) is 26.2 Å². The molecule has 0 N–H and O–H groups in total. The molecule has 0 bridgehead atoms. The van der Waals surface area contributed by atoms with Crippen LogP contribution < -0.4 is 14.4 Å². The molecule has 0 spiro atoms. The maximum atomic E-state index is 11.2. The molecule has 0 saturated carbocycles. The number of ether oxygens (including phenoxy) is 2. The van der Waals surface area contributed by atoms with Crippen molar-refractivity contribution in [1.82, 2.24) is 0 Å². The van der Waals surface area contributed by atoms with Crippen molar-refractivity contribution < 1.29 is 19.1 Å². The Hall–Kier alpha value is -2.04. The first-order valence-electron chi connectivity index (χ1n) is 4.59. The first-order chi connectivity index (χ1) is 7.63. The molecule has 0 aromatic heterocycles. The third-order valence-electron chi connectivity index (χ3n) is 2.18. The lowest BCUT2D eigenvalue weighted by Gasteiger charge is -2.18. The number of hydrogen-bond donors (Lipinski definition) is 0. The highest BCUT2D eigenvalue weighted by Crippen LogP contribution is 2.31. The second-order valence-corrected chi connectivity index (χ2v) is 3.05. The Labute approximate surface area is 93.6 Å². The molecular weight excluding hydrogens is 210 g/mol. The molecule has 1 rings (SSSR count). The van der Waals surface area contributed by atoms with E-state index >= 15 is 0 Å². The van der Waals surface area contributed by atoms with Crippen LogP contribution in [-0.2, 0) is 9.59 Å². The molecule has 0 unspecified atom stereocenters. The van der Waals surface area contributed by atoms with Crippen molar-refractivity contribution in [3.63, 3.8) is 0 Å². The number of benzene rings is 1. The maximum absolute atomic E-state index is 11.2. The Morgan fingerprint density at radius 1 is 1.31 bits per heavy atom. The van der Waals surface area contributed by atoms with Gasteiger partial charge in [-0.15, -0.1) is 0 Å². The van der Waals surface area contributed by atoms with Crippen molar-refractivity contribution in [3.8, 4) is 11.5 Å². The topological polar surface area (TPSA) is 55.8 Å². The largest absolute Gasteiger partial charge is 0.497 e. The lowest BCUT2D eigenvalue weighted by Crippen LogP contribution is -2.27. The number of nitrogens with zero attached hydrogens (tertiary/aromatic N) is 1. The standard InChI is InChI=1S/C11H13NO4/c1-12(11(14)7-13)9-6-8(15-2)4-5-10(9)16-3/h4-7H,1-3H3. The summed E-state index contributed by atoms with van der Waals surface area (Å²) in [6, 6.07) is 5.00. The summed E-state index contributed by atoms with van der Waals surface area (Å²) in [5, 5.41) is 0. The number of likely N-dealkylation sites (N-methyl/N-ethyl adjacent to an activating group) is 1. The van der Waals surface area contributed by atoms with Crippen LogP contribution in [0.1, 0.15) is 0 Å². The summed E-state index contributed by atoms with van der Waals surface area (Å²) in [5.74, 6) is 0.436. The molecule has 16 heavy (non-hydrogen) atoms. The molecule has 0 fully saturated rings. The molecular formula is C11H13NO4. The summed E-state index contributed by atoms with van der Waals surface area (Å²) in [6.07, 6.45) is 0.249. The molecule has 0 saturated heterocycles. The quantitative estimate of drug-likeness (QED) is 0.561. The number of hydrogen-bond acceptors (Lipinski definition) is 4. The highest BCUT2D eigenvalue weighted by atomic mass is 16.5. The lowest BCUT2D eigenvalue weighted by atomic mass is 10.2. The van der Waals surface area contributed by atoms with Gasteiger partial charge >= 0.3 is 0 Å². The first kappa shape index (κ1) is 12.0. The molecule has 0 atom stereocenters.